The Bertz CT molecular complexity index is 267. The van der Waals surface area contributed by atoms with Crippen LogP contribution in [0.25, 0.3) is 0 Å². The highest BCUT2D eigenvalue weighted by Crippen LogP contribution is 2.22. The van der Waals surface area contributed by atoms with E-state index in [0.29, 0.717) is 19.6 Å². The third-order valence-electron chi connectivity index (χ3n) is 3.01. The highest BCUT2D eigenvalue weighted by Gasteiger charge is 2.33. The van der Waals surface area contributed by atoms with Gasteiger partial charge in [-0.2, -0.15) is 0 Å². The number of carbonyl (C=O) groups excluding carboxylic acids is 2. The van der Waals surface area contributed by atoms with Crippen LogP contribution >= 0.6 is 0 Å². The van der Waals surface area contributed by atoms with Crippen LogP contribution in [0, 0.1) is 11.8 Å². The Hall–Kier alpha value is -0.900. The average Bonchev–Trinajstić information content (AvgIpc) is 2.30. The lowest BCUT2D eigenvalue weighted by Crippen LogP contribution is -2.34. The molecule has 1 fully saturated rings. The summed E-state index contributed by atoms with van der Waals surface area (Å²) in [6.45, 7) is 6.68. The number of rotatable bonds is 5. The molecule has 0 radical (unpaired) electrons. The van der Waals surface area contributed by atoms with Crippen molar-refractivity contribution in [2.24, 2.45) is 11.8 Å². The van der Waals surface area contributed by atoms with Crippen molar-refractivity contribution in [2.75, 3.05) is 13.2 Å². The number of hydrogen-bond donors (Lipinski definition) is 0. The molecule has 0 aliphatic carbocycles. The predicted molar refractivity (Wildman–Crippen MR) is 63.6 cm³/mol. The quantitative estimate of drug-likeness (QED) is 0.546. The molecule has 0 aromatic rings. The van der Waals surface area contributed by atoms with Crippen molar-refractivity contribution in [3.05, 3.63) is 0 Å². The topological polar surface area (TPSA) is 52.6 Å². The minimum absolute atomic E-state index is 0.0291. The van der Waals surface area contributed by atoms with E-state index in [0.717, 1.165) is 12.8 Å². The molecule has 4 heteroatoms. The molecular weight excluding hydrogens is 220 g/mol. The van der Waals surface area contributed by atoms with E-state index in [1.165, 1.54) is 0 Å². The minimum atomic E-state index is -0.597. The van der Waals surface area contributed by atoms with Gasteiger partial charge in [-0.1, -0.05) is 6.92 Å². The molecule has 0 N–H and O–H groups in total. The van der Waals surface area contributed by atoms with Gasteiger partial charge in [-0.15, -0.1) is 0 Å². The molecule has 1 rings (SSSR count). The fourth-order valence-corrected chi connectivity index (χ4v) is 2.07. The largest absolute Gasteiger partial charge is 0.462 e. The highest BCUT2D eigenvalue weighted by molar-refractivity contribution is 6.00. The summed E-state index contributed by atoms with van der Waals surface area (Å²) >= 11 is 0. The molecule has 17 heavy (non-hydrogen) atoms. The maximum absolute atomic E-state index is 12.2. The van der Waals surface area contributed by atoms with Gasteiger partial charge in [-0.3, -0.25) is 9.59 Å². The van der Waals surface area contributed by atoms with Gasteiger partial charge in [0, 0.05) is 19.1 Å². The van der Waals surface area contributed by atoms with Crippen LogP contribution in [-0.4, -0.2) is 31.1 Å². The van der Waals surface area contributed by atoms with Crippen LogP contribution in [0.2, 0.25) is 0 Å². The van der Waals surface area contributed by atoms with Crippen molar-refractivity contribution in [1.82, 2.24) is 0 Å². The molecule has 0 bridgehead atoms. The van der Waals surface area contributed by atoms with Gasteiger partial charge in [0.15, 0.2) is 0 Å². The first-order valence-corrected chi connectivity index (χ1v) is 6.38. The number of ether oxygens (including phenoxy) is 2. The Balaban J connectivity index is 2.59. The standard InChI is InChI=1S/C13H22O4/c1-4-11(13(15)17-9(2)3)12(14)10-5-7-16-8-6-10/h9-11H,4-8H2,1-3H3. The second kappa shape index (κ2) is 6.74. The molecule has 1 aliphatic heterocycles. The van der Waals surface area contributed by atoms with Crippen LogP contribution in [0.1, 0.15) is 40.0 Å². The van der Waals surface area contributed by atoms with Crippen molar-refractivity contribution >= 4 is 11.8 Å². The Kier molecular flexibility index (Phi) is 5.62. The fraction of sp³-hybridized carbons (Fsp3) is 0.846. The van der Waals surface area contributed by atoms with Gasteiger partial charge in [0.25, 0.3) is 0 Å². The molecule has 0 spiro atoms. The molecule has 98 valence electrons. The van der Waals surface area contributed by atoms with Crippen LogP contribution in [0.5, 0.6) is 0 Å². The zero-order valence-corrected chi connectivity index (χ0v) is 10.9. The first-order chi connectivity index (χ1) is 8.06. The third-order valence-corrected chi connectivity index (χ3v) is 3.01. The molecule has 1 unspecified atom stereocenters. The zero-order chi connectivity index (χ0) is 12.8. The lowest BCUT2D eigenvalue weighted by molar-refractivity contribution is -0.157. The number of esters is 1. The molecule has 1 heterocycles. The normalized spacial score (nSPS) is 19.1. The molecular formula is C13H22O4. The van der Waals surface area contributed by atoms with Crippen molar-refractivity contribution in [3.8, 4) is 0 Å². The van der Waals surface area contributed by atoms with Crippen LogP contribution in [-0.2, 0) is 19.1 Å². The van der Waals surface area contributed by atoms with Crippen LogP contribution < -0.4 is 0 Å². The fourth-order valence-electron chi connectivity index (χ4n) is 2.07. The Labute approximate surface area is 103 Å². The molecule has 1 atom stereocenters. The van der Waals surface area contributed by atoms with E-state index in [2.05, 4.69) is 0 Å². The Morgan fingerprint density at radius 2 is 1.88 bits per heavy atom. The predicted octanol–water partition coefficient (Wildman–Crippen LogP) is 1.96. The van der Waals surface area contributed by atoms with E-state index < -0.39 is 5.92 Å². The summed E-state index contributed by atoms with van der Waals surface area (Å²) in [6, 6.07) is 0. The van der Waals surface area contributed by atoms with E-state index in [4.69, 9.17) is 9.47 Å². The summed E-state index contributed by atoms with van der Waals surface area (Å²) < 4.78 is 10.3. The SMILES string of the molecule is CCC(C(=O)OC(C)C)C(=O)C1CCOCC1. The molecule has 1 saturated heterocycles. The first kappa shape index (κ1) is 14.2. The molecule has 0 amide bonds. The van der Waals surface area contributed by atoms with Gasteiger partial charge < -0.3 is 9.47 Å². The zero-order valence-electron chi connectivity index (χ0n) is 10.9. The maximum Gasteiger partial charge on any atom is 0.316 e. The van der Waals surface area contributed by atoms with Crippen molar-refractivity contribution < 1.29 is 19.1 Å². The summed E-state index contributed by atoms with van der Waals surface area (Å²) in [5.74, 6) is -0.977. The smallest absolute Gasteiger partial charge is 0.316 e. The van der Waals surface area contributed by atoms with Crippen molar-refractivity contribution in [1.29, 1.82) is 0 Å². The second-order valence-corrected chi connectivity index (χ2v) is 4.74. The number of Topliss-reactive ketones (excluding diaryl/α,β-unsaturated/α-hetero) is 1. The monoisotopic (exact) mass is 242 g/mol. The molecule has 1 aliphatic rings. The van der Waals surface area contributed by atoms with E-state index >= 15 is 0 Å². The Morgan fingerprint density at radius 1 is 1.29 bits per heavy atom. The minimum Gasteiger partial charge on any atom is -0.462 e. The van der Waals surface area contributed by atoms with Gasteiger partial charge >= 0.3 is 5.97 Å². The lowest BCUT2D eigenvalue weighted by Gasteiger charge is -2.24. The number of ketones is 1. The van der Waals surface area contributed by atoms with Gasteiger partial charge in [-0.25, -0.2) is 0 Å². The summed E-state index contributed by atoms with van der Waals surface area (Å²) in [7, 11) is 0. The van der Waals surface area contributed by atoms with Crippen LogP contribution in [0.4, 0.5) is 0 Å². The summed E-state index contributed by atoms with van der Waals surface area (Å²) in [6.07, 6.45) is 1.80. The average molecular weight is 242 g/mol. The van der Waals surface area contributed by atoms with Crippen LogP contribution in [0.3, 0.4) is 0 Å². The molecule has 4 nitrogen and oxygen atoms in total. The number of hydrogen-bond acceptors (Lipinski definition) is 4. The van der Waals surface area contributed by atoms with Gasteiger partial charge in [0.2, 0.25) is 0 Å². The van der Waals surface area contributed by atoms with Gasteiger partial charge in [0.1, 0.15) is 11.7 Å². The first-order valence-electron chi connectivity index (χ1n) is 6.38. The number of carbonyl (C=O) groups is 2. The van der Waals surface area contributed by atoms with Crippen molar-refractivity contribution in [3.63, 3.8) is 0 Å². The molecule has 0 saturated carbocycles. The lowest BCUT2D eigenvalue weighted by atomic mass is 9.86. The maximum atomic E-state index is 12.2. The van der Waals surface area contributed by atoms with Crippen molar-refractivity contribution in [2.45, 2.75) is 46.1 Å². The third kappa shape index (κ3) is 4.11. The molecule has 0 aromatic heterocycles. The highest BCUT2D eigenvalue weighted by atomic mass is 16.5. The van der Waals surface area contributed by atoms with E-state index in [1.807, 2.05) is 6.92 Å². The second-order valence-electron chi connectivity index (χ2n) is 4.74. The summed E-state index contributed by atoms with van der Waals surface area (Å²) in [5, 5.41) is 0. The van der Waals surface area contributed by atoms with Crippen LogP contribution in [0.15, 0.2) is 0 Å². The van der Waals surface area contributed by atoms with Gasteiger partial charge in [-0.05, 0) is 33.1 Å². The van der Waals surface area contributed by atoms with E-state index in [1.54, 1.807) is 13.8 Å². The van der Waals surface area contributed by atoms with E-state index in [9.17, 15) is 9.59 Å². The van der Waals surface area contributed by atoms with E-state index in [-0.39, 0.29) is 23.8 Å². The summed E-state index contributed by atoms with van der Waals surface area (Å²) in [5.41, 5.74) is 0. The molecule has 0 aromatic carbocycles. The summed E-state index contributed by atoms with van der Waals surface area (Å²) in [4.78, 5) is 24.0. The Morgan fingerprint density at radius 3 is 2.35 bits per heavy atom. The van der Waals surface area contributed by atoms with Gasteiger partial charge in [0.05, 0.1) is 6.10 Å².